The monoisotopic (exact) mass is 404 g/mol. The van der Waals surface area contributed by atoms with Crippen molar-refractivity contribution in [1.82, 2.24) is 10.9 Å². The molecule has 5 nitrogen and oxygen atoms in total. The molecule has 0 bridgehead atoms. The number of hydrazine groups is 1. The van der Waals surface area contributed by atoms with Crippen LogP contribution in [0, 0.1) is 5.82 Å². The van der Waals surface area contributed by atoms with Gasteiger partial charge in [-0.2, -0.15) is 0 Å². The van der Waals surface area contributed by atoms with Crippen LogP contribution in [0.25, 0.3) is 11.3 Å². The average Bonchev–Trinajstić information content (AvgIpc) is 3.16. The Kier molecular flexibility index (Phi) is 6.16. The number of amides is 2. The third-order valence-corrected chi connectivity index (χ3v) is 4.72. The van der Waals surface area contributed by atoms with Gasteiger partial charge in [-0.25, -0.2) is 4.39 Å². The van der Waals surface area contributed by atoms with Crippen LogP contribution < -0.4 is 10.9 Å². The summed E-state index contributed by atoms with van der Waals surface area (Å²) >= 11 is 7.11. The predicted molar refractivity (Wildman–Crippen MR) is 102 cm³/mol. The maximum absolute atomic E-state index is 13.0. The second-order valence-corrected chi connectivity index (χ2v) is 6.90. The van der Waals surface area contributed by atoms with Gasteiger partial charge >= 0.3 is 5.91 Å². The van der Waals surface area contributed by atoms with Gasteiger partial charge < -0.3 is 4.42 Å². The Bertz CT molecular complexity index is 942. The van der Waals surface area contributed by atoms with Crippen LogP contribution in [0.15, 0.2) is 70.0 Å². The van der Waals surface area contributed by atoms with Gasteiger partial charge in [0.05, 0.1) is 5.75 Å². The van der Waals surface area contributed by atoms with Crippen LogP contribution in [0.4, 0.5) is 4.39 Å². The first kappa shape index (κ1) is 19.0. The van der Waals surface area contributed by atoms with E-state index in [1.165, 1.54) is 30.0 Å². The molecule has 8 heteroatoms. The summed E-state index contributed by atoms with van der Waals surface area (Å²) in [5.74, 6) is -0.741. The molecular weight excluding hydrogens is 391 g/mol. The van der Waals surface area contributed by atoms with Gasteiger partial charge in [-0.05, 0) is 60.7 Å². The van der Waals surface area contributed by atoms with E-state index in [-0.39, 0.29) is 23.2 Å². The Morgan fingerprint density at radius 3 is 2.37 bits per heavy atom. The van der Waals surface area contributed by atoms with Gasteiger partial charge in [0.1, 0.15) is 11.6 Å². The third kappa shape index (κ3) is 5.35. The van der Waals surface area contributed by atoms with Crippen molar-refractivity contribution in [3.63, 3.8) is 0 Å². The molecule has 0 aliphatic rings. The molecule has 1 heterocycles. The average molecular weight is 405 g/mol. The molecular formula is C19H14ClFN2O3S. The summed E-state index contributed by atoms with van der Waals surface area (Å²) in [5, 5.41) is 0.620. The van der Waals surface area contributed by atoms with Crippen LogP contribution in [0.1, 0.15) is 10.6 Å². The summed E-state index contributed by atoms with van der Waals surface area (Å²) in [6, 6.07) is 15.8. The van der Waals surface area contributed by atoms with E-state index in [1.807, 2.05) is 0 Å². The smallest absolute Gasteiger partial charge is 0.305 e. The van der Waals surface area contributed by atoms with E-state index >= 15 is 0 Å². The molecule has 27 heavy (non-hydrogen) atoms. The van der Waals surface area contributed by atoms with Gasteiger partial charge in [-0.1, -0.05) is 11.6 Å². The Balaban J connectivity index is 1.49. The summed E-state index contributed by atoms with van der Waals surface area (Å²) in [7, 11) is 0. The van der Waals surface area contributed by atoms with Crippen molar-refractivity contribution in [2.45, 2.75) is 4.90 Å². The quantitative estimate of drug-likeness (QED) is 0.491. The molecule has 2 amide bonds. The molecule has 2 N–H and O–H groups in total. The molecule has 0 aliphatic carbocycles. The highest BCUT2D eigenvalue weighted by Crippen LogP contribution is 2.22. The molecule has 0 saturated heterocycles. The number of benzene rings is 2. The first-order valence-corrected chi connectivity index (χ1v) is 9.21. The van der Waals surface area contributed by atoms with Crippen molar-refractivity contribution in [1.29, 1.82) is 0 Å². The molecule has 0 unspecified atom stereocenters. The highest BCUT2D eigenvalue weighted by atomic mass is 35.5. The fraction of sp³-hybridized carbons (Fsp3) is 0.0526. The van der Waals surface area contributed by atoms with Crippen molar-refractivity contribution in [2.75, 3.05) is 5.75 Å². The highest BCUT2D eigenvalue weighted by Gasteiger charge is 2.13. The SMILES string of the molecule is O=C(CSc1ccc(Cl)cc1)NNC(=O)c1ccc(-c2ccc(F)cc2)o1. The summed E-state index contributed by atoms with van der Waals surface area (Å²) in [5.41, 5.74) is 5.25. The lowest BCUT2D eigenvalue weighted by atomic mass is 10.2. The molecule has 3 aromatic rings. The van der Waals surface area contributed by atoms with Gasteiger partial charge in [0.25, 0.3) is 0 Å². The molecule has 0 atom stereocenters. The second kappa shape index (κ2) is 8.75. The number of rotatable bonds is 5. The van der Waals surface area contributed by atoms with Crippen LogP contribution in [-0.4, -0.2) is 17.6 Å². The van der Waals surface area contributed by atoms with Crippen molar-refractivity contribution in [3.8, 4) is 11.3 Å². The van der Waals surface area contributed by atoms with Crippen molar-refractivity contribution in [3.05, 3.63) is 77.3 Å². The zero-order chi connectivity index (χ0) is 19.2. The number of carbonyl (C=O) groups is 2. The minimum absolute atomic E-state index is 0.0278. The lowest BCUT2D eigenvalue weighted by Gasteiger charge is -2.06. The zero-order valence-corrected chi connectivity index (χ0v) is 15.4. The number of halogens is 2. The summed E-state index contributed by atoms with van der Waals surface area (Å²) < 4.78 is 18.4. The van der Waals surface area contributed by atoms with Crippen LogP contribution in [0.2, 0.25) is 5.02 Å². The number of furan rings is 1. The molecule has 2 aromatic carbocycles. The molecule has 138 valence electrons. The molecule has 0 aliphatic heterocycles. The first-order valence-electron chi connectivity index (χ1n) is 7.84. The van der Waals surface area contributed by atoms with Gasteiger partial charge in [0.15, 0.2) is 5.76 Å². The topological polar surface area (TPSA) is 71.3 Å². The number of hydrogen-bond donors (Lipinski definition) is 2. The molecule has 0 radical (unpaired) electrons. The second-order valence-electron chi connectivity index (χ2n) is 5.42. The largest absolute Gasteiger partial charge is 0.451 e. The summed E-state index contributed by atoms with van der Waals surface area (Å²) in [6.07, 6.45) is 0. The summed E-state index contributed by atoms with van der Waals surface area (Å²) in [6.45, 7) is 0. The van der Waals surface area contributed by atoms with E-state index in [1.54, 1.807) is 42.5 Å². The van der Waals surface area contributed by atoms with E-state index < -0.39 is 5.91 Å². The Morgan fingerprint density at radius 1 is 0.963 bits per heavy atom. The minimum Gasteiger partial charge on any atom is -0.451 e. The van der Waals surface area contributed by atoms with Gasteiger partial charge in [-0.3, -0.25) is 20.4 Å². The van der Waals surface area contributed by atoms with E-state index in [9.17, 15) is 14.0 Å². The Hall–Kier alpha value is -2.77. The fourth-order valence-corrected chi connectivity index (χ4v) is 2.96. The van der Waals surface area contributed by atoms with Crippen LogP contribution in [0.5, 0.6) is 0 Å². The first-order chi connectivity index (χ1) is 13.0. The van der Waals surface area contributed by atoms with Crippen LogP contribution in [0.3, 0.4) is 0 Å². The summed E-state index contributed by atoms with van der Waals surface area (Å²) in [4.78, 5) is 24.8. The standard InChI is InChI=1S/C19H14ClFN2O3S/c20-13-3-7-15(8-4-13)27-11-18(24)22-23-19(25)17-10-9-16(26-17)12-1-5-14(21)6-2-12/h1-10H,11H2,(H,22,24)(H,23,25). The van der Waals surface area contributed by atoms with Gasteiger partial charge in [0, 0.05) is 15.5 Å². The molecule has 0 saturated carbocycles. The van der Waals surface area contributed by atoms with Gasteiger partial charge in [0.2, 0.25) is 5.91 Å². The Morgan fingerprint density at radius 2 is 1.67 bits per heavy atom. The molecule has 0 spiro atoms. The molecule has 0 fully saturated rings. The maximum atomic E-state index is 13.0. The third-order valence-electron chi connectivity index (χ3n) is 3.46. The number of thioether (sulfide) groups is 1. The molecule has 3 rings (SSSR count). The van der Waals surface area contributed by atoms with Gasteiger partial charge in [-0.15, -0.1) is 11.8 Å². The maximum Gasteiger partial charge on any atom is 0.305 e. The lowest BCUT2D eigenvalue weighted by molar-refractivity contribution is -0.119. The van der Waals surface area contributed by atoms with Crippen LogP contribution in [-0.2, 0) is 4.79 Å². The normalized spacial score (nSPS) is 10.4. The van der Waals surface area contributed by atoms with Crippen molar-refractivity contribution in [2.24, 2.45) is 0 Å². The molecule has 1 aromatic heterocycles. The van der Waals surface area contributed by atoms with Crippen LogP contribution >= 0.6 is 23.4 Å². The van der Waals surface area contributed by atoms with E-state index in [0.717, 1.165) is 4.90 Å². The van der Waals surface area contributed by atoms with Crippen molar-refractivity contribution < 1.29 is 18.4 Å². The van der Waals surface area contributed by atoms with E-state index in [0.29, 0.717) is 16.3 Å². The Labute approximate surface area is 163 Å². The predicted octanol–water partition coefficient (Wildman–Crippen LogP) is 4.29. The fourth-order valence-electron chi connectivity index (χ4n) is 2.13. The zero-order valence-electron chi connectivity index (χ0n) is 13.9. The lowest BCUT2D eigenvalue weighted by Crippen LogP contribution is -2.42. The van der Waals surface area contributed by atoms with E-state index in [2.05, 4.69) is 10.9 Å². The minimum atomic E-state index is -0.590. The number of carbonyl (C=O) groups excluding carboxylic acids is 2. The number of nitrogens with one attached hydrogen (secondary N) is 2. The number of hydrogen-bond acceptors (Lipinski definition) is 4. The van der Waals surface area contributed by atoms with Crippen molar-refractivity contribution >= 4 is 35.2 Å². The highest BCUT2D eigenvalue weighted by molar-refractivity contribution is 8.00. The van der Waals surface area contributed by atoms with E-state index in [4.69, 9.17) is 16.0 Å².